The molecule has 2 rings (SSSR count). The van der Waals surface area contributed by atoms with Crippen molar-refractivity contribution in [1.29, 1.82) is 0 Å². The normalized spacial score (nSPS) is 22.4. The molecule has 0 heterocycles. The van der Waals surface area contributed by atoms with Gasteiger partial charge in [0.1, 0.15) is 11.6 Å². The summed E-state index contributed by atoms with van der Waals surface area (Å²) in [5.74, 6) is -0.235. The van der Waals surface area contributed by atoms with Gasteiger partial charge >= 0.3 is 0 Å². The number of halogens is 1. The van der Waals surface area contributed by atoms with Crippen LogP contribution in [-0.4, -0.2) is 30.8 Å². The lowest BCUT2D eigenvalue weighted by atomic mass is 9.87. The molecule has 0 radical (unpaired) electrons. The molecule has 0 bridgehead atoms. The van der Waals surface area contributed by atoms with Crippen molar-refractivity contribution in [3.8, 4) is 5.75 Å². The summed E-state index contributed by atoms with van der Waals surface area (Å²) < 4.78 is 18.6. The number of rotatable bonds is 4. The number of carbonyl (C=O) groups excluding carboxylic acids is 1. The Hall–Kier alpha value is -1.62. The number of carbonyl (C=O) groups is 1. The second-order valence-electron chi connectivity index (χ2n) is 5.23. The first-order valence-electron chi connectivity index (χ1n) is 6.90. The first-order chi connectivity index (χ1) is 9.60. The minimum Gasteiger partial charge on any atom is -0.497 e. The van der Waals surface area contributed by atoms with E-state index < -0.39 is 11.7 Å². The fourth-order valence-electron chi connectivity index (χ4n) is 2.49. The number of ether oxygens (including phenoxy) is 1. The zero-order chi connectivity index (χ0) is 14.5. The summed E-state index contributed by atoms with van der Waals surface area (Å²) in [5, 5.41) is 12.2. The highest BCUT2D eigenvalue weighted by molar-refractivity contribution is 5.94. The molecular formula is C15H20FNO3. The van der Waals surface area contributed by atoms with E-state index in [1.807, 2.05) is 0 Å². The van der Waals surface area contributed by atoms with E-state index in [4.69, 9.17) is 4.74 Å². The number of hydrogen-bond acceptors (Lipinski definition) is 3. The van der Waals surface area contributed by atoms with Crippen LogP contribution in [0.3, 0.4) is 0 Å². The van der Waals surface area contributed by atoms with Gasteiger partial charge < -0.3 is 15.2 Å². The van der Waals surface area contributed by atoms with Crippen LogP contribution in [0, 0.1) is 11.7 Å². The molecule has 5 heteroatoms. The minimum absolute atomic E-state index is 0.0293. The van der Waals surface area contributed by atoms with Crippen molar-refractivity contribution < 1.29 is 19.0 Å². The molecule has 1 aromatic rings. The zero-order valence-electron chi connectivity index (χ0n) is 11.6. The molecule has 110 valence electrons. The van der Waals surface area contributed by atoms with Crippen LogP contribution in [0.15, 0.2) is 18.2 Å². The number of aliphatic hydroxyl groups is 1. The van der Waals surface area contributed by atoms with Gasteiger partial charge in [0, 0.05) is 12.6 Å². The Balaban J connectivity index is 1.88. The van der Waals surface area contributed by atoms with Crippen LogP contribution in [0.2, 0.25) is 0 Å². The van der Waals surface area contributed by atoms with Gasteiger partial charge in [-0.25, -0.2) is 4.39 Å². The van der Waals surface area contributed by atoms with Crippen molar-refractivity contribution in [2.75, 3.05) is 13.7 Å². The number of hydrogen-bond donors (Lipinski definition) is 2. The van der Waals surface area contributed by atoms with E-state index in [0.29, 0.717) is 18.2 Å². The molecule has 0 saturated heterocycles. The maximum atomic E-state index is 13.7. The predicted octanol–water partition coefficient (Wildman–Crippen LogP) is 2.12. The Morgan fingerprint density at radius 1 is 1.40 bits per heavy atom. The van der Waals surface area contributed by atoms with E-state index in [2.05, 4.69) is 5.32 Å². The average molecular weight is 281 g/mol. The lowest BCUT2D eigenvalue weighted by molar-refractivity contribution is 0.0907. The number of aliphatic hydroxyl groups excluding tert-OH is 1. The molecule has 0 aromatic heterocycles. The Labute approximate surface area is 117 Å². The molecule has 2 N–H and O–H groups in total. The highest BCUT2D eigenvalue weighted by Gasteiger charge is 2.20. The summed E-state index contributed by atoms with van der Waals surface area (Å²) in [6, 6.07) is 4.19. The average Bonchev–Trinajstić information content (AvgIpc) is 2.46. The van der Waals surface area contributed by atoms with Crippen LogP contribution in [-0.2, 0) is 0 Å². The van der Waals surface area contributed by atoms with Gasteiger partial charge in [-0.1, -0.05) is 0 Å². The molecular weight excluding hydrogens is 261 g/mol. The van der Waals surface area contributed by atoms with E-state index in [1.54, 1.807) is 6.07 Å². The van der Waals surface area contributed by atoms with Gasteiger partial charge in [-0.05, 0) is 43.7 Å². The molecule has 0 atom stereocenters. The minimum atomic E-state index is -0.582. The predicted molar refractivity (Wildman–Crippen MR) is 73.3 cm³/mol. The van der Waals surface area contributed by atoms with E-state index in [-0.39, 0.29) is 11.7 Å². The molecule has 1 fully saturated rings. The number of nitrogens with one attached hydrogen (secondary N) is 1. The van der Waals surface area contributed by atoms with Crippen molar-refractivity contribution >= 4 is 5.91 Å². The highest BCUT2D eigenvalue weighted by Crippen LogP contribution is 2.23. The first kappa shape index (κ1) is 14.8. The van der Waals surface area contributed by atoms with E-state index in [0.717, 1.165) is 25.7 Å². The third-order valence-electron chi connectivity index (χ3n) is 3.79. The van der Waals surface area contributed by atoms with E-state index in [1.165, 1.54) is 19.2 Å². The maximum absolute atomic E-state index is 13.7. The molecule has 0 aliphatic heterocycles. The molecule has 1 aliphatic carbocycles. The van der Waals surface area contributed by atoms with E-state index >= 15 is 0 Å². The van der Waals surface area contributed by atoms with Crippen molar-refractivity contribution in [3.05, 3.63) is 29.6 Å². The van der Waals surface area contributed by atoms with Gasteiger partial charge in [-0.2, -0.15) is 0 Å². The largest absolute Gasteiger partial charge is 0.497 e. The summed E-state index contributed by atoms with van der Waals surface area (Å²) in [6.45, 7) is 0.525. The SMILES string of the molecule is COc1ccc(C(=O)NCC2CCC(O)CC2)c(F)c1. The molecule has 0 spiro atoms. The molecule has 1 aromatic carbocycles. The molecule has 0 unspecified atom stereocenters. The molecule has 1 aliphatic rings. The van der Waals surface area contributed by atoms with Crippen molar-refractivity contribution in [3.63, 3.8) is 0 Å². The van der Waals surface area contributed by atoms with Gasteiger partial charge in [-0.3, -0.25) is 4.79 Å². The van der Waals surface area contributed by atoms with Gasteiger partial charge in [-0.15, -0.1) is 0 Å². The monoisotopic (exact) mass is 281 g/mol. The standard InChI is InChI=1S/C15H20FNO3/c1-20-12-6-7-13(14(16)8-12)15(19)17-9-10-2-4-11(18)5-3-10/h6-8,10-11,18H,2-5,9H2,1H3,(H,17,19). The summed E-state index contributed by atoms with van der Waals surface area (Å²) in [6.07, 6.45) is 3.13. The van der Waals surface area contributed by atoms with E-state index in [9.17, 15) is 14.3 Å². The molecule has 4 nitrogen and oxygen atoms in total. The van der Waals surface area contributed by atoms with Crippen LogP contribution in [0.5, 0.6) is 5.75 Å². The van der Waals surface area contributed by atoms with Gasteiger partial charge in [0.05, 0.1) is 18.8 Å². The Kier molecular flexibility index (Phi) is 4.95. The van der Waals surface area contributed by atoms with Gasteiger partial charge in [0.2, 0.25) is 0 Å². The van der Waals surface area contributed by atoms with Crippen LogP contribution in [0.25, 0.3) is 0 Å². The lowest BCUT2D eigenvalue weighted by Crippen LogP contribution is -2.32. The number of methoxy groups -OCH3 is 1. The quantitative estimate of drug-likeness (QED) is 0.888. The zero-order valence-corrected chi connectivity index (χ0v) is 11.6. The summed E-state index contributed by atoms with van der Waals surface area (Å²) in [7, 11) is 1.45. The Morgan fingerprint density at radius 3 is 2.70 bits per heavy atom. The van der Waals surface area contributed by atoms with Crippen LogP contribution < -0.4 is 10.1 Å². The molecule has 1 amide bonds. The van der Waals surface area contributed by atoms with Crippen molar-refractivity contribution in [2.45, 2.75) is 31.8 Å². The topological polar surface area (TPSA) is 58.6 Å². The lowest BCUT2D eigenvalue weighted by Gasteiger charge is -2.25. The Bertz CT molecular complexity index is 470. The number of amides is 1. The van der Waals surface area contributed by atoms with Crippen LogP contribution in [0.1, 0.15) is 36.0 Å². The number of benzene rings is 1. The maximum Gasteiger partial charge on any atom is 0.254 e. The Morgan fingerprint density at radius 2 is 2.10 bits per heavy atom. The summed E-state index contributed by atoms with van der Waals surface area (Å²) in [5.41, 5.74) is 0.0293. The van der Waals surface area contributed by atoms with Crippen LogP contribution in [0.4, 0.5) is 4.39 Å². The molecule has 20 heavy (non-hydrogen) atoms. The second kappa shape index (κ2) is 6.70. The second-order valence-corrected chi connectivity index (χ2v) is 5.23. The van der Waals surface area contributed by atoms with Crippen LogP contribution >= 0.6 is 0 Å². The smallest absolute Gasteiger partial charge is 0.254 e. The third-order valence-corrected chi connectivity index (χ3v) is 3.79. The highest BCUT2D eigenvalue weighted by atomic mass is 19.1. The summed E-state index contributed by atoms with van der Waals surface area (Å²) in [4.78, 5) is 11.9. The fraction of sp³-hybridized carbons (Fsp3) is 0.533. The van der Waals surface area contributed by atoms with Crippen molar-refractivity contribution in [2.24, 2.45) is 5.92 Å². The van der Waals surface area contributed by atoms with Gasteiger partial charge in [0.15, 0.2) is 0 Å². The fourth-order valence-corrected chi connectivity index (χ4v) is 2.49. The summed E-state index contributed by atoms with van der Waals surface area (Å²) >= 11 is 0. The molecule has 1 saturated carbocycles. The first-order valence-corrected chi connectivity index (χ1v) is 6.90. The van der Waals surface area contributed by atoms with Crippen molar-refractivity contribution in [1.82, 2.24) is 5.32 Å². The third kappa shape index (κ3) is 3.70. The van der Waals surface area contributed by atoms with Gasteiger partial charge in [0.25, 0.3) is 5.91 Å².